The van der Waals surface area contributed by atoms with E-state index in [2.05, 4.69) is 25.7 Å². The summed E-state index contributed by atoms with van der Waals surface area (Å²) in [6.45, 7) is 5.79. The highest BCUT2D eigenvalue weighted by Gasteiger charge is 2.16. The lowest BCUT2D eigenvalue weighted by Gasteiger charge is -2.11. The fourth-order valence-corrected chi connectivity index (χ4v) is 1.68. The van der Waals surface area contributed by atoms with E-state index in [1.165, 1.54) is 6.20 Å². The summed E-state index contributed by atoms with van der Waals surface area (Å²) in [7, 11) is 0. The van der Waals surface area contributed by atoms with E-state index < -0.39 is 0 Å². The second kappa shape index (κ2) is 6.27. The van der Waals surface area contributed by atoms with Crippen molar-refractivity contribution in [3.05, 3.63) is 41.7 Å². The maximum atomic E-state index is 12.3. The van der Waals surface area contributed by atoms with Crippen molar-refractivity contribution in [3.8, 4) is 0 Å². The molecule has 0 aliphatic rings. The van der Waals surface area contributed by atoms with Crippen LogP contribution in [0, 0.1) is 6.92 Å². The fraction of sp³-hybridized carbons (Fsp3) is 0.286. The van der Waals surface area contributed by atoms with Crippen molar-refractivity contribution >= 4 is 17.3 Å². The second-order valence-electron chi connectivity index (χ2n) is 4.93. The molecule has 0 spiro atoms. The molecular formula is C14H18N6O. The number of pyridine rings is 1. The van der Waals surface area contributed by atoms with E-state index in [0.717, 1.165) is 5.69 Å². The van der Waals surface area contributed by atoms with Crippen LogP contribution in [0.3, 0.4) is 0 Å². The number of hydrazine groups is 1. The van der Waals surface area contributed by atoms with Crippen LogP contribution >= 0.6 is 0 Å². The van der Waals surface area contributed by atoms with Gasteiger partial charge < -0.3 is 10.7 Å². The summed E-state index contributed by atoms with van der Waals surface area (Å²) >= 11 is 0. The van der Waals surface area contributed by atoms with Crippen LogP contribution in [0.5, 0.6) is 0 Å². The Morgan fingerprint density at radius 1 is 1.24 bits per heavy atom. The SMILES string of the molecule is Cc1ccc(NC(=O)c2nc(C(C)C)ncc2NN)cn1. The maximum absolute atomic E-state index is 12.3. The monoisotopic (exact) mass is 286 g/mol. The van der Waals surface area contributed by atoms with Gasteiger partial charge in [-0.15, -0.1) is 0 Å². The van der Waals surface area contributed by atoms with E-state index in [-0.39, 0.29) is 17.5 Å². The molecule has 2 aromatic rings. The smallest absolute Gasteiger partial charge is 0.276 e. The van der Waals surface area contributed by atoms with Gasteiger partial charge in [0.15, 0.2) is 5.69 Å². The van der Waals surface area contributed by atoms with Crippen molar-refractivity contribution in [2.45, 2.75) is 26.7 Å². The molecule has 0 aromatic carbocycles. The van der Waals surface area contributed by atoms with Crippen LogP contribution in [0.15, 0.2) is 24.5 Å². The molecule has 4 N–H and O–H groups in total. The first-order valence-electron chi connectivity index (χ1n) is 6.59. The maximum Gasteiger partial charge on any atom is 0.276 e. The molecule has 0 bridgehead atoms. The van der Waals surface area contributed by atoms with Crippen molar-refractivity contribution in [2.24, 2.45) is 5.84 Å². The number of nitrogens with zero attached hydrogens (tertiary/aromatic N) is 3. The lowest BCUT2D eigenvalue weighted by molar-refractivity contribution is 0.102. The van der Waals surface area contributed by atoms with Gasteiger partial charge >= 0.3 is 0 Å². The largest absolute Gasteiger partial charge is 0.321 e. The number of hydrogen-bond donors (Lipinski definition) is 3. The number of anilines is 2. The molecule has 0 saturated heterocycles. The Morgan fingerprint density at radius 3 is 2.57 bits per heavy atom. The number of hydrogen-bond acceptors (Lipinski definition) is 6. The summed E-state index contributed by atoms with van der Waals surface area (Å²) in [6.07, 6.45) is 3.10. The molecule has 0 saturated carbocycles. The van der Waals surface area contributed by atoms with E-state index in [1.807, 2.05) is 26.8 Å². The summed E-state index contributed by atoms with van der Waals surface area (Å²) in [5.41, 5.74) is 4.49. The van der Waals surface area contributed by atoms with E-state index in [0.29, 0.717) is 17.2 Å². The highest BCUT2D eigenvalue weighted by molar-refractivity contribution is 6.06. The van der Waals surface area contributed by atoms with Gasteiger partial charge in [-0.1, -0.05) is 13.8 Å². The van der Waals surface area contributed by atoms with E-state index in [1.54, 1.807) is 12.3 Å². The van der Waals surface area contributed by atoms with Crippen LogP contribution in [0.25, 0.3) is 0 Å². The van der Waals surface area contributed by atoms with Crippen LogP contribution in [0.1, 0.15) is 41.8 Å². The molecule has 0 aliphatic heterocycles. The topological polar surface area (TPSA) is 106 Å². The molecule has 0 radical (unpaired) electrons. The Morgan fingerprint density at radius 2 is 2.00 bits per heavy atom. The zero-order chi connectivity index (χ0) is 15.4. The summed E-state index contributed by atoms with van der Waals surface area (Å²) in [6, 6.07) is 3.59. The number of nitrogens with two attached hydrogens (primary N) is 1. The Labute approximate surface area is 123 Å². The van der Waals surface area contributed by atoms with E-state index in [9.17, 15) is 4.79 Å². The highest BCUT2D eigenvalue weighted by atomic mass is 16.1. The third kappa shape index (κ3) is 3.51. The normalized spacial score (nSPS) is 10.5. The quantitative estimate of drug-likeness (QED) is 0.585. The molecule has 0 atom stereocenters. The number of amides is 1. The van der Waals surface area contributed by atoms with Crippen LogP contribution in [0.2, 0.25) is 0 Å². The van der Waals surface area contributed by atoms with Crippen molar-refractivity contribution in [2.75, 3.05) is 10.7 Å². The average Bonchev–Trinajstić information content (AvgIpc) is 2.48. The number of nitrogens with one attached hydrogen (secondary N) is 2. The van der Waals surface area contributed by atoms with Gasteiger partial charge in [0.1, 0.15) is 5.82 Å². The third-order valence-corrected chi connectivity index (χ3v) is 2.86. The van der Waals surface area contributed by atoms with Gasteiger partial charge in [-0.05, 0) is 19.1 Å². The van der Waals surface area contributed by atoms with Gasteiger partial charge in [0.25, 0.3) is 5.91 Å². The molecule has 110 valence electrons. The number of rotatable bonds is 4. The number of nitrogen functional groups attached to an aromatic ring is 1. The minimum absolute atomic E-state index is 0.115. The van der Waals surface area contributed by atoms with Gasteiger partial charge in [-0.2, -0.15) is 0 Å². The first-order valence-corrected chi connectivity index (χ1v) is 6.59. The molecular weight excluding hydrogens is 268 g/mol. The molecule has 0 fully saturated rings. The first kappa shape index (κ1) is 14.9. The number of aromatic nitrogens is 3. The standard InChI is InChI=1S/C14H18N6O/c1-8(2)13-17-7-11(20-15)12(19-13)14(21)18-10-5-4-9(3)16-6-10/h4-8,20H,15H2,1-3H3,(H,18,21). The average molecular weight is 286 g/mol. The van der Waals surface area contributed by atoms with Gasteiger partial charge in [0, 0.05) is 11.6 Å². The Balaban J connectivity index is 2.28. The second-order valence-corrected chi connectivity index (χ2v) is 4.93. The van der Waals surface area contributed by atoms with Gasteiger partial charge in [-0.3, -0.25) is 15.6 Å². The Bertz CT molecular complexity index is 638. The number of carbonyl (C=O) groups is 1. The van der Waals surface area contributed by atoms with Crippen molar-refractivity contribution in [3.63, 3.8) is 0 Å². The molecule has 2 heterocycles. The van der Waals surface area contributed by atoms with Crippen molar-refractivity contribution in [1.82, 2.24) is 15.0 Å². The van der Waals surface area contributed by atoms with Gasteiger partial charge in [0.2, 0.25) is 0 Å². The van der Waals surface area contributed by atoms with Gasteiger partial charge in [-0.25, -0.2) is 9.97 Å². The molecule has 0 aliphatic carbocycles. The molecule has 0 unspecified atom stereocenters. The molecule has 21 heavy (non-hydrogen) atoms. The zero-order valence-corrected chi connectivity index (χ0v) is 12.2. The third-order valence-electron chi connectivity index (χ3n) is 2.86. The zero-order valence-electron chi connectivity index (χ0n) is 12.2. The van der Waals surface area contributed by atoms with Crippen LogP contribution in [-0.2, 0) is 0 Å². The number of carbonyl (C=O) groups excluding carboxylic acids is 1. The van der Waals surface area contributed by atoms with E-state index in [4.69, 9.17) is 5.84 Å². The fourth-order valence-electron chi connectivity index (χ4n) is 1.68. The molecule has 2 aromatic heterocycles. The first-order chi connectivity index (χ1) is 10.0. The minimum atomic E-state index is -0.363. The molecule has 7 nitrogen and oxygen atoms in total. The summed E-state index contributed by atoms with van der Waals surface area (Å²) in [5.74, 6) is 5.74. The predicted molar refractivity (Wildman–Crippen MR) is 80.9 cm³/mol. The lowest BCUT2D eigenvalue weighted by Crippen LogP contribution is -2.20. The summed E-state index contributed by atoms with van der Waals surface area (Å²) in [4.78, 5) is 24.9. The van der Waals surface area contributed by atoms with Crippen LogP contribution in [0.4, 0.5) is 11.4 Å². The minimum Gasteiger partial charge on any atom is -0.321 e. The summed E-state index contributed by atoms with van der Waals surface area (Å²) in [5, 5.41) is 2.74. The Hall–Kier alpha value is -2.54. The van der Waals surface area contributed by atoms with Crippen LogP contribution in [-0.4, -0.2) is 20.9 Å². The van der Waals surface area contributed by atoms with Gasteiger partial charge in [0.05, 0.1) is 23.8 Å². The lowest BCUT2D eigenvalue weighted by atomic mass is 10.2. The Kier molecular flexibility index (Phi) is 4.44. The molecule has 2 rings (SSSR count). The van der Waals surface area contributed by atoms with Crippen molar-refractivity contribution in [1.29, 1.82) is 0 Å². The van der Waals surface area contributed by atoms with Crippen molar-refractivity contribution < 1.29 is 4.79 Å². The van der Waals surface area contributed by atoms with Crippen LogP contribution < -0.4 is 16.6 Å². The predicted octanol–water partition coefficient (Wildman–Crippen LogP) is 1.84. The summed E-state index contributed by atoms with van der Waals surface area (Å²) < 4.78 is 0. The number of aryl methyl sites for hydroxylation is 1. The highest BCUT2D eigenvalue weighted by Crippen LogP contribution is 2.17. The molecule has 7 heteroatoms. The van der Waals surface area contributed by atoms with E-state index >= 15 is 0 Å². The molecule has 1 amide bonds.